The molecule has 2 saturated heterocycles. The molecule has 4 fully saturated rings. The van der Waals surface area contributed by atoms with Crippen molar-refractivity contribution in [3.05, 3.63) is 0 Å². The van der Waals surface area contributed by atoms with Gasteiger partial charge >= 0.3 is 0 Å². The first-order valence-corrected chi connectivity index (χ1v) is 18.5. The molecule has 2 aliphatic heterocycles. The zero-order valence-corrected chi connectivity index (χ0v) is 31.2. The molecule has 0 spiro atoms. The topological polar surface area (TPSA) is 36.9 Å². The van der Waals surface area contributed by atoms with Gasteiger partial charge < -0.3 is 0 Å². The summed E-state index contributed by atoms with van der Waals surface area (Å²) in [5.41, 5.74) is 0.382. The summed E-state index contributed by atoms with van der Waals surface area (Å²) in [6, 6.07) is 0. The van der Waals surface area contributed by atoms with Crippen LogP contribution in [0.4, 0.5) is 0 Å². The Morgan fingerprint density at radius 2 is 0.744 bits per heavy atom. The van der Waals surface area contributed by atoms with E-state index in [1.165, 1.54) is 64.2 Å². The largest absolute Gasteiger partial charge is 0.229 e. The third kappa shape index (κ3) is 4.78. The molecule has 43 heavy (non-hydrogen) atoms. The van der Waals surface area contributed by atoms with E-state index in [-0.39, 0.29) is 61.3 Å². The van der Waals surface area contributed by atoms with Crippen molar-refractivity contribution in [2.45, 2.75) is 210 Å². The van der Waals surface area contributed by atoms with Crippen LogP contribution in [0.5, 0.6) is 0 Å². The number of hydrogen-bond acceptors (Lipinski definition) is 4. The third-order valence-electron chi connectivity index (χ3n) is 15.4. The Morgan fingerprint density at radius 1 is 0.465 bits per heavy atom. The van der Waals surface area contributed by atoms with E-state index < -0.39 is 0 Å². The molecule has 2 heterocycles. The van der Waals surface area contributed by atoms with E-state index in [9.17, 15) is 0 Å². The molecule has 0 aromatic heterocycles. The van der Waals surface area contributed by atoms with Gasteiger partial charge in [0.15, 0.2) is 0 Å². The van der Waals surface area contributed by atoms with Crippen LogP contribution >= 0.6 is 0 Å². The van der Waals surface area contributed by atoms with E-state index in [1.54, 1.807) is 0 Å². The highest BCUT2D eigenvalue weighted by Gasteiger charge is 2.78. The molecule has 4 nitrogen and oxygen atoms in total. The Labute approximate surface area is 267 Å². The molecule has 0 aromatic rings. The maximum absolute atomic E-state index is 6.45. The predicted octanol–water partition coefficient (Wildman–Crippen LogP) is 11.8. The van der Waals surface area contributed by atoms with Crippen LogP contribution in [0.3, 0.4) is 0 Å². The molecular weight excluding hydrogens is 532 g/mol. The molecule has 4 atom stereocenters. The zero-order valence-electron chi connectivity index (χ0n) is 31.2. The van der Waals surface area contributed by atoms with Crippen molar-refractivity contribution >= 4 is 0 Å². The first-order valence-electron chi connectivity index (χ1n) is 18.5. The molecule has 0 aromatic carbocycles. The third-order valence-corrected chi connectivity index (χ3v) is 15.4. The summed E-state index contributed by atoms with van der Waals surface area (Å²) in [6.07, 6.45) is 16.6. The highest BCUT2D eigenvalue weighted by molar-refractivity contribution is 5.23. The minimum Gasteiger partial charge on any atom is -0.229 e. The van der Waals surface area contributed by atoms with E-state index in [2.05, 4.69) is 96.9 Å². The van der Waals surface area contributed by atoms with Crippen LogP contribution in [0, 0.1) is 37.9 Å². The highest BCUT2D eigenvalue weighted by atomic mass is 17.3. The minimum absolute atomic E-state index is 0.0856. The molecule has 4 heteroatoms. The van der Waals surface area contributed by atoms with Crippen molar-refractivity contribution in [1.82, 2.24) is 0 Å². The van der Waals surface area contributed by atoms with Gasteiger partial charge in [-0.15, -0.1) is 0 Å². The van der Waals surface area contributed by atoms with Gasteiger partial charge in [-0.05, 0) is 96.7 Å². The Morgan fingerprint density at radius 3 is 0.930 bits per heavy atom. The molecule has 0 radical (unpaired) electrons. The first kappa shape index (κ1) is 35.7. The van der Waals surface area contributed by atoms with Crippen molar-refractivity contribution in [2.75, 3.05) is 0 Å². The summed E-state index contributed by atoms with van der Waals surface area (Å²) < 4.78 is 0. The van der Waals surface area contributed by atoms with Crippen LogP contribution < -0.4 is 0 Å². The maximum atomic E-state index is 6.45. The Bertz CT molecular complexity index is 864. The number of fused-ring (bicyclic) bond motifs is 2. The van der Waals surface area contributed by atoms with Gasteiger partial charge in [0, 0.05) is 5.41 Å². The molecule has 2 saturated carbocycles. The number of hydrogen-bond donors (Lipinski definition) is 0. The molecule has 252 valence electrons. The highest BCUT2D eigenvalue weighted by Crippen LogP contribution is 2.74. The van der Waals surface area contributed by atoms with E-state index in [4.69, 9.17) is 19.6 Å². The van der Waals surface area contributed by atoms with E-state index in [0.29, 0.717) is 0 Å². The fraction of sp³-hybridized carbons (Fsp3) is 1.00. The monoisotopic (exact) mass is 605 g/mol. The lowest BCUT2D eigenvalue weighted by Crippen LogP contribution is -2.80. The Hall–Kier alpha value is -0.160. The summed E-state index contributed by atoms with van der Waals surface area (Å²) >= 11 is 0. The molecule has 0 N–H and O–H groups in total. The van der Waals surface area contributed by atoms with Crippen LogP contribution in [0.2, 0.25) is 0 Å². The lowest BCUT2D eigenvalue weighted by Gasteiger charge is -2.73. The molecule has 4 rings (SSSR count). The summed E-state index contributed by atoms with van der Waals surface area (Å²) in [6.45, 7) is 34.6. The van der Waals surface area contributed by atoms with Crippen LogP contribution in [0.1, 0.15) is 187 Å². The second kappa shape index (κ2) is 11.5. The molecule has 4 unspecified atom stereocenters. The summed E-state index contributed by atoms with van der Waals surface area (Å²) in [5, 5.41) is 0. The molecule has 4 aliphatic rings. The summed E-state index contributed by atoms with van der Waals surface area (Å²) in [4.78, 5) is 25.4. The van der Waals surface area contributed by atoms with Crippen molar-refractivity contribution < 1.29 is 19.6 Å². The van der Waals surface area contributed by atoms with Crippen LogP contribution in [0.15, 0.2) is 0 Å². The van der Waals surface area contributed by atoms with Crippen molar-refractivity contribution in [1.29, 1.82) is 0 Å². The van der Waals surface area contributed by atoms with E-state index in [0.717, 1.165) is 25.7 Å². The maximum Gasteiger partial charge on any atom is 0.141 e. The van der Waals surface area contributed by atoms with Gasteiger partial charge in [-0.1, -0.05) is 123 Å². The van der Waals surface area contributed by atoms with Gasteiger partial charge in [-0.25, -0.2) is 19.6 Å². The average Bonchev–Trinajstić information content (AvgIpc) is 2.84. The van der Waals surface area contributed by atoms with Crippen LogP contribution in [-0.4, -0.2) is 23.4 Å². The first-order chi connectivity index (χ1) is 19.8. The standard InChI is InChI=1S/C39H72O4/c1-15-19-31(5,6)36(32(7,8)20-16-2)23-25-38(29(27-36)40-42-38)35(13,14)39-26-24-37(28-30(39)41-43-39,33(9,10)21-17-3)34(11,12)22-18-4/h29-30H,15-28H2,1-14H3. The van der Waals surface area contributed by atoms with Crippen LogP contribution in [-0.2, 0) is 19.6 Å². The normalized spacial score (nSPS) is 32.8. The Kier molecular flexibility index (Phi) is 9.56. The molecule has 0 bridgehead atoms. The quantitative estimate of drug-likeness (QED) is 0.185. The van der Waals surface area contributed by atoms with Crippen molar-refractivity contribution in [3.8, 4) is 0 Å². The van der Waals surface area contributed by atoms with Gasteiger partial charge in [-0.2, -0.15) is 0 Å². The van der Waals surface area contributed by atoms with E-state index >= 15 is 0 Å². The van der Waals surface area contributed by atoms with Gasteiger partial charge in [0.2, 0.25) is 0 Å². The lowest BCUT2D eigenvalue weighted by atomic mass is 9.39. The Balaban J connectivity index is 1.69. The lowest BCUT2D eigenvalue weighted by molar-refractivity contribution is -0.601. The molecular formula is C39H72O4. The second-order valence-corrected chi connectivity index (χ2v) is 18.8. The van der Waals surface area contributed by atoms with E-state index in [1.807, 2.05) is 0 Å². The SMILES string of the molecule is CCCC(C)(C)C1(C(C)(C)CCC)CCC2(C(C)(C)C34CCC(C(C)(C)CCC)(C(C)(C)CCC)CC3OO4)OOC2C1. The van der Waals surface area contributed by atoms with Crippen molar-refractivity contribution in [3.63, 3.8) is 0 Å². The second-order valence-electron chi connectivity index (χ2n) is 18.8. The molecule has 0 amide bonds. The fourth-order valence-electron chi connectivity index (χ4n) is 12.6. The van der Waals surface area contributed by atoms with Gasteiger partial charge in [0.1, 0.15) is 23.4 Å². The van der Waals surface area contributed by atoms with Gasteiger partial charge in [0.25, 0.3) is 0 Å². The smallest absolute Gasteiger partial charge is 0.141 e. The summed E-state index contributed by atoms with van der Waals surface area (Å²) in [7, 11) is 0. The summed E-state index contributed by atoms with van der Waals surface area (Å²) in [5.74, 6) is 0. The molecule has 2 aliphatic carbocycles. The van der Waals surface area contributed by atoms with Crippen LogP contribution in [0.25, 0.3) is 0 Å². The average molecular weight is 605 g/mol. The zero-order chi connectivity index (χ0) is 32.4. The minimum atomic E-state index is -0.346. The number of rotatable bonds is 14. The van der Waals surface area contributed by atoms with Crippen molar-refractivity contribution in [2.24, 2.45) is 37.9 Å². The predicted molar refractivity (Wildman–Crippen MR) is 178 cm³/mol. The van der Waals surface area contributed by atoms with Gasteiger partial charge in [0.05, 0.1) is 0 Å². The van der Waals surface area contributed by atoms with Gasteiger partial charge in [-0.3, -0.25) is 0 Å². The fourth-order valence-corrected chi connectivity index (χ4v) is 12.6.